The lowest BCUT2D eigenvalue weighted by Crippen LogP contribution is -2.30. The van der Waals surface area contributed by atoms with E-state index in [0.29, 0.717) is 19.3 Å². The Morgan fingerprint density at radius 2 is 0.583 bits per heavy atom. The van der Waals surface area contributed by atoms with Gasteiger partial charge in [0.1, 0.15) is 13.2 Å². The molecule has 0 aromatic carbocycles. The van der Waals surface area contributed by atoms with Crippen molar-refractivity contribution in [3.8, 4) is 0 Å². The predicted molar refractivity (Wildman–Crippen MR) is 257 cm³/mol. The van der Waals surface area contributed by atoms with Crippen LogP contribution in [0.3, 0.4) is 0 Å². The van der Waals surface area contributed by atoms with Crippen LogP contribution in [0.5, 0.6) is 0 Å². The number of rotatable bonds is 49. The Morgan fingerprint density at radius 3 is 0.867 bits per heavy atom. The number of carbonyl (C=O) groups is 3. The van der Waals surface area contributed by atoms with Crippen molar-refractivity contribution in [2.75, 3.05) is 13.2 Å². The van der Waals surface area contributed by atoms with Crippen molar-refractivity contribution in [2.45, 2.75) is 310 Å². The second-order valence-corrected chi connectivity index (χ2v) is 18.8. The van der Waals surface area contributed by atoms with E-state index in [9.17, 15) is 14.4 Å². The zero-order valence-corrected chi connectivity index (χ0v) is 40.9. The monoisotopic (exact) mass is 849 g/mol. The average Bonchev–Trinajstić information content (AvgIpc) is 3.25. The SMILES string of the molecule is CCCCCCCCCCCCCCCCC(=O)OC[C@H](COC(=O)CCCCCCCCCCCC)OC(=O)CCCCCCCCCCCCCCCCC(C)CC. The Morgan fingerprint density at radius 1 is 0.333 bits per heavy atom. The summed E-state index contributed by atoms with van der Waals surface area (Å²) in [7, 11) is 0. The van der Waals surface area contributed by atoms with Crippen LogP contribution in [0.4, 0.5) is 0 Å². The fraction of sp³-hybridized carbons (Fsp3) is 0.944. The van der Waals surface area contributed by atoms with E-state index in [1.54, 1.807) is 0 Å². The molecule has 0 aliphatic heterocycles. The molecule has 356 valence electrons. The van der Waals surface area contributed by atoms with Crippen LogP contribution in [0.1, 0.15) is 304 Å². The van der Waals surface area contributed by atoms with Crippen molar-refractivity contribution in [1.82, 2.24) is 0 Å². The zero-order valence-electron chi connectivity index (χ0n) is 40.9. The summed E-state index contributed by atoms with van der Waals surface area (Å²) in [6.45, 7) is 9.07. The van der Waals surface area contributed by atoms with Gasteiger partial charge < -0.3 is 14.2 Å². The van der Waals surface area contributed by atoms with E-state index in [0.717, 1.165) is 63.7 Å². The maximum atomic E-state index is 12.8. The van der Waals surface area contributed by atoms with Crippen LogP contribution in [0.25, 0.3) is 0 Å². The highest BCUT2D eigenvalue weighted by molar-refractivity contribution is 5.71. The van der Waals surface area contributed by atoms with Crippen molar-refractivity contribution < 1.29 is 28.6 Å². The molecule has 0 radical (unpaired) electrons. The minimum absolute atomic E-state index is 0.0624. The smallest absolute Gasteiger partial charge is 0.306 e. The molecule has 0 saturated heterocycles. The van der Waals surface area contributed by atoms with Crippen molar-refractivity contribution in [1.29, 1.82) is 0 Å². The van der Waals surface area contributed by atoms with E-state index >= 15 is 0 Å². The number of carbonyl (C=O) groups excluding carboxylic acids is 3. The molecule has 60 heavy (non-hydrogen) atoms. The van der Waals surface area contributed by atoms with Gasteiger partial charge in [-0.25, -0.2) is 0 Å². The highest BCUT2D eigenvalue weighted by Crippen LogP contribution is 2.18. The molecule has 0 aromatic heterocycles. The lowest BCUT2D eigenvalue weighted by molar-refractivity contribution is -0.167. The molecule has 6 nitrogen and oxygen atoms in total. The molecule has 1 unspecified atom stereocenters. The molecular formula is C54H104O6. The Kier molecular flexibility index (Phi) is 47.2. The van der Waals surface area contributed by atoms with E-state index in [1.807, 2.05) is 0 Å². The summed E-state index contributed by atoms with van der Waals surface area (Å²) in [4.78, 5) is 37.9. The van der Waals surface area contributed by atoms with E-state index in [-0.39, 0.29) is 31.1 Å². The third-order valence-electron chi connectivity index (χ3n) is 12.7. The van der Waals surface area contributed by atoms with Crippen LogP contribution in [-0.2, 0) is 28.6 Å². The van der Waals surface area contributed by atoms with Crippen LogP contribution >= 0.6 is 0 Å². The first-order chi connectivity index (χ1) is 29.4. The number of unbranched alkanes of at least 4 members (excludes halogenated alkanes) is 35. The van der Waals surface area contributed by atoms with E-state index in [1.165, 1.54) is 199 Å². The molecule has 0 fully saturated rings. The summed E-state index contributed by atoms with van der Waals surface area (Å²) in [5, 5.41) is 0. The number of hydrogen-bond donors (Lipinski definition) is 0. The van der Waals surface area contributed by atoms with Gasteiger partial charge in [0.2, 0.25) is 0 Å². The van der Waals surface area contributed by atoms with Crippen LogP contribution in [0.2, 0.25) is 0 Å². The highest BCUT2D eigenvalue weighted by atomic mass is 16.6. The zero-order chi connectivity index (χ0) is 43.8. The minimum atomic E-state index is -0.760. The van der Waals surface area contributed by atoms with Gasteiger partial charge in [-0.3, -0.25) is 14.4 Å². The van der Waals surface area contributed by atoms with E-state index in [4.69, 9.17) is 14.2 Å². The quantitative estimate of drug-likeness (QED) is 0.0345. The molecular weight excluding hydrogens is 745 g/mol. The average molecular weight is 849 g/mol. The van der Waals surface area contributed by atoms with Crippen molar-refractivity contribution in [2.24, 2.45) is 5.92 Å². The largest absolute Gasteiger partial charge is 0.462 e. The molecule has 0 aliphatic carbocycles. The maximum Gasteiger partial charge on any atom is 0.306 e. The lowest BCUT2D eigenvalue weighted by atomic mass is 9.99. The van der Waals surface area contributed by atoms with Gasteiger partial charge in [0.15, 0.2) is 6.10 Å². The van der Waals surface area contributed by atoms with Gasteiger partial charge in [0, 0.05) is 19.3 Å². The molecule has 0 aromatic rings. The third-order valence-corrected chi connectivity index (χ3v) is 12.7. The van der Waals surface area contributed by atoms with Gasteiger partial charge in [-0.15, -0.1) is 0 Å². The molecule has 0 N–H and O–H groups in total. The summed E-state index contributed by atoms with van der Waals surface area (Å²) in [5.41, 5.74) is 0. The maximum absolute atomic E-state index is 12.8. The van der Waals surface area contributed by atoms with Crippen molar-refractivity contribution >= 4 is 17.9 Å². The normalized spacial score (nSPS) is 12.4. The summed E-state index contributed by atoms with van der Waals surface area (Å²) in [6.07, 6.45) is 50.8. The molecule has 2 atom stereocenters. The van der Waals surface area contributed by atoms with E-state index in [2.05, 4.69) is 27.7 Å². The Labute approximate surface area is 374 Å². The highest BCUT2D eigenvalue weighted by Gasteiger charge is 2.19. The molecule has 0 amide bonds. The second-order valence-electron chi connectivity index (χ2n) is 18.8. The van der Waals surface area contributed by atoms with Gasteiger partial charge in [-0.2, -0.15) is 0 Å². The standard InChI is InChI=1S/C54H104O6/c1-5-8-10-12-14-16-18-19-23-26-30-34-38-42-46-53(56)59-49-51(48-58-52(55)45-41-37-33-29-17-15-13-11-9-6-2)60-54(57)47-43-39-35-31-27-24-21-20-22-25-28-32-36-40-44-50(4)7-3/h50-51H,5-49H2,1-4H3/t50?,51-/m0/s1. The Balaban J connectivity index is 4.27. The van der Waals surface area contributed by atoms with Gasteiger partial charge >= 0.3 is 17.9 Å². The first kappa shape index (κ1) is 58.4. The first-order valence-electron chi connectivity index (χ1n) is 26.9. The van der Waals surface area contributed by atoms with Crippen LogP contribution in [0, 0.1) is 5.92 Å². The number of ether oxygens (including phenoxy) is 3. The summed E-state index contributed by atoms with van der Waals surface area (Å²) < 4.78 is 16.8. The predicted octanol–water partition coefficient (Wildman–Crippen LogP) is 17.5. The lowest BCUT2D eigenvalue weighted by Gasteiger charge is -2.18. The van der Waals surface area contributed by atoms with Crippen molar-refractivity contribution in [3.05, 3.63) is 0 Å². The van der Waals surface area contributed by atoms with Gasteiger partial charge in [0.25, 0.3) is 0 Å². The second kappa shape index (κ2) is 48.4. The summed E-state index contributed by atoms with van der Waals surface area (Å²) in [5.74, 6) is 0.0520. The Hall–Kier alpha value is -1.59. The molecule has 0 rings (SSSR count). The van der Waals surface area contributed by atoms with Gasteiger partial charge in [0.05, 0.1) is 0 Å². The molecule has 0 heterocycles. The molecule has 0 aliphatic rings. The minimum Gasteiger partial charge on any atom is -0.462 e. The number of hydrogen-bond acceptors (Lipinski definition) is 6. The van der Waals surface area contributed by atoms with Crippen LogP contribution in [0.15, 0.2) is 0 Å². The molecule has 0 spiro atoms. The van der Waals surface area contributed by atoms with Gasteiger partial charge in [-0.1, -0.05) is 265 Å². The third kappa shape index (κ3) is 45.9. The molecule has 6 heteroatoms. The fourth-order valence-corrected chi connectivity index (χ4v) is 8.19. The topological polar surface area (TPSA) is 78.9 Å². The summed E-state index contributed by atoms with van der Waals surface area (Å²) in [6, 6.07) is 0. The van der Waals surface area contributed by atoms with Crippen molar-refractivity contribution in [3.63, 3.8) is 0 Å². The van der Waals surface area contributed by atoms with Gasteiger partial charge in [-0.05, 0) is 25.2 Å². The number of esters is 3. The van der Waals surface area contributed by atoms with E-state index < -0.39 is 6.10 Å². The summed E-state index contributed by atoms with van der Waals surface area (Å²) >= 11 is 0. The Bertz CT molecular complexity index is 905. The molecule has 0 saturated carbocycles. The van der Waals surface area contributed by atoms with Crippen LogP contribution in [-0.4, -0.2) is 37.2 Å². The fourth-order valence-electron chi connectivity index (χ4n) is 8.19. The first-order valence-corrected chi connectivity index (χ1v) is 26.9. The van der Waals surface area contributed by atoms with Crippen LogP contribution < -0.4 is 0 Å². The molecule has 0 bridgehead atoms.